The zero-order valence-electron chi connectivity index (χ0n) is 10.5. The number of carbonyl (C=O) groups excluding carboxylic acids is 1. The highest BCUT2D eigenvalue weighted by molar-refractivity contribution is 5.91. The van der Waals surface area contributed by atoms with Crippen LogP contribution in [-0.2, 0) is 17.9 Å². The third-order valence-corrected chi connectivity index (χ3v) is 2.67. The van der Waals surface area contributed by atoms with E-state index in [1.165, 1.54) is 6.08 Å². The molecule has 0 aliphatic heterocycles. The standard InChI is InChI=1S/C15H16N2O2/c16-10-12-3-5-13(6-4-12)11-17-15(18)8-7-14-2-1-9-19-14/h1-9H,10-11,16H2,(H,17,18)/b8-7+. The molecule has 1 amide bonds. The number of nitrogens with one attached hydrogen (secondary N) is 1. The maximum absolute atomic E-state index is 11.6. The molecule has 2 rings (SSSR count). The van der Waals surface area contributed by atoms with Crippen molar-refractivity contribution in [3.05, 3.63) is 65.6 Å². The molecule has 0 radical (unpaired) electrons. The minimum absolute atomic E-state index is 0.153. The van der Waals surface area contributed by atoms with Crippen LogP contribution in [0.25, 0.3) is 6.08 Å². The predicted octanol–water partition coefficient (Wildman–Crippen LogP) is 2.07. The number of benzene rings is 1. The van der Waals surface area contributed by atoms with E-state index in [2.05, 4.69) is 5.32 Å². The van der Waals surface area contributed by atoms with E-state index >= 15 is 0 Å². The van der Waals surface area contributed by atoms with Crippen molar-refractivity contribution in [1.29, 1.82) is 0 Å². The first kappa shape index (κ1) is 13.1. The Morgan fingerprint density at radius 2 is 1.95 bits per heavy atom. The Bertz CT molecular complexity index is 542. The molecular formula is C15H16N2O2. The van der Waals surface area contributed by atoms with Gasteiger partial charge in [0.1, 0.15) is 5.76 Å². The number of hydrogen-bond acceptors (Lipinski definition) is 3. The third-order valence-electron chi connectivity index (χ3n) is 2.67. The van der Waals surface area contributed by atoms with Crippen LogP contribution in [0.2, 0.25) is 0 Å². The van der Waals surface area contributed by atoms with Crippen molar-refractivity contribution in [2.45, 2.75) is 13.1 Å². The lowest BCUT2D eigenvalue weighted by Gasteiger charge is -2.03. The van der Waals surface area contributed by atoms with E-state index in [1.54, 1.807) is 24.5 Å². The van der Waals surface area contributed by atoms with E-state index in [1.807, 2.05) is 24.3 Å². The van der Waals surface area contributed by atoms with Crippen molar-refractivity contribution in [2.75, 3.05) is 0 Å². The molecule has 19 heavy (non-hydrogen) atoms. The molecule has 0 aliphatic carbocycles. The summed E-state index contributed by atoms with van der Waals surface area (Å²) in [6.07, 6.45) is 4.65. The number of amides is 1. The van der Waals surface area contributed by atoms with Gasteiger partial charge in [-0.15, -0.1) is 0 Å². The Morgan fingerprint density at radius 3 is 2.58 bits per heavy atom. The van der Waals surface area contributed by atoms with Crippen LogP contribution in [-0.4, -0.2) is 5.91 Å². The zero-order chi connectivity index (χ0) is 13.5. The van der Waals surface area contributed by atoms with Crippen molar-refractivity contribution in [1.82, 2.24) is 5.32 Å². The smallest absolute Gasteiger partial charge is 0.244 e. The Hall–Kier alpha value is -2.33. The highest BCUT2D eigenvalue weighted by Crippen LogP contribution is 2.04. The molecule has 0 saturated heterocycles. The number of rotatable bonds is 5. The molecule has 0 bridgehead atoms. The van der Waals surface area contributed by atoms with Crippen LogP contribution < -0.4 is 11.1 Å². The van der Waals surface area contributed by atoms with Crippen molar-refractivity contribution >= 4 is 12.0 Å². The molecule has 0 saturated carbocycles. The number of nitrogens with two attached hydrogens (primary N) is 1. The number of carbonyl (C=O) groups is 1. The minimum atomic E-state index is -0.153. The van der Waals surface area contributed by atoms with Crippen molar-refractivity contribution < 1.29 is 9.21 Å². The summed E-state index contributed by atoms with van der Waals surface area (Å²) in [7, 11) is 0. The van der Waals surface area contributed by atoms with Crippen LogP contribution in [0.5, 0.6) is 0 Å². The molecule has 2 aromatic rings. The average molecular weight is 256 g/mol. The molecule has 3 N–H and O–H groups in total. The second kappa shape index (κ2) is 6.56. The molecule has 0 atom stereocenters. The van der Waals surface area contributed by atoms with E-state index in [9.17, 15) is 4.79 Å². The van der Waals surface area contributed by atoms with Gasteiger partial charge in [-0.25, -0.2) is 0 Å². The van der Waals surface area contributed by atoms with E-state index in [-0.39, 0.29) is 5.91 Å². The lowest BCUT2D eigenvalue weighted by atomic mass is 10.1. The maximum atomic E-state index is 11.6. The second-order valence-corrected chi connectivity index (χ2v) is 4.09. The van der Waals surface area contributed by atoms with E-state index in [4.69, 9.17) is 10.2 Å². The summed E-state index contributed by atoms with van der Waals surface area (Å²) >= 11 is 0. The summed E-state index contributed by atoms with van der Waals surface area (Å²) in [5.74, 6) is 0.502. The highest BCUT2D eigenvalue weighted by atomic mass is 16.3. The zero-order valence-corrected chi connectivity index (χ0v) is 10.5. The first-order valence-corrected chi connectivity index (χ1v) is 6.05. The van der Waals surface area contributed by atoms with Crippen LogP contribution in [0.1, 0.15) is 16.9 Å². The fourth-order valence-corrected chi connectivity index (χ4v) is 1.59. The summed E-state index contributed by atoms with van der Waals surface area (Å²) in [5, 5.41) is 2.80. The van der Waals surface area contributed by atoms with Gasteiger partial charge in [0.15, 0.2) is 0 Å². The molecule has 98 valence electrons. The molecule has 0 unspecified atom stereocenters. The minimum Gasteiger partial charge on any atom is -0.465 e. The van der Waals surface area contributed by atoms with Gasteiger partial charge >= 0.3 is 0 Å². The molecule has 1 heterocycles. The summed E-state index contributed by atoms with van der Waals surface area (Å²) in [4.78, 5) is 11.6. The van der Waals surface area contributed by atoms with Gasteiger partial charge in [0.05, 0.1) is 6.26 Å². The Balaban J connectivity index is 1.82. The van der Waals surface area contributed by atoms with Crippen molar-refractivity contribution in [3.8, 4) is 0 Å². The van der Waals surface area contributed by atoms with Crippen molar-refractivity contribution in [3.63, 3.8) is 0 Å². The lowest BCUT2D eigenvalue weighted by Crippen LogP contribution is -2.20. The first-order chi connectivity index (χ1) is 9.28. The van der Waals surface area contributed by atoms with Crippen LogP contribution >= 0.6 is 0 Å². The van der Waals surface area contributed by atoms with Gasteiger partial charge in [0.2, 0.25) is 5.91 Å². The van der Waals surface area contributed by atoms with Gasteiger partial charge in [-0.2, -0.15) is 0 Å². The fourth-order valence-electron chi connectivity index (χ4n) is 1.59. The monoisotopic (exact) mass is 256 g/mol. The second-order valence-electron chi connectivity index (χ2n) is 4.09. The molecule has 0 spiro atoms. The van der Waals surface area contributed by atoms with Crippen LogP contribution in [0.15, 0.2) is 53.2 Å². The Labute approximate surface area is 111 Å². The van der Waals surface area contributed by atoms with Gasteiger partial charge in [0.25, 0.3) is 0 Å². The normalized spacial score (nSPS) is 10.8. The summed E-state index contributed by atoms with van der Waals surface area (Å²) in [5.41, 5.74) is 7.64. The number of hydrogen-bond donors (Lipinski definition) is 2. The molecule has 4 nitrogen and oxygen atoms in total. The van der Waals surface area contributed by atoms with E-state index in [0.717, 1.165) is 11.1 Å². The summed E-state index contributed by atoms with van der Waals surface area (Å²) in [6, 6.07) is 11.4. The Kier molecular flexibility index (Phi) is 4.53. The maximum Gasteiger partial charge on any atom is 0.244 e. The number of furan rings is 1. The molecular weight excluding hydrogens is 240 g/mol. The summed E-state index contributed by atoms with van der Waals surface area (Å²) < 4.78 is 5.09. The largest absolute Gasteiger partial charge is 0.465 e. The molecule has 1 aromatic carbocycles. The lowest BCUT2D eigenvalue weighted by molar-refractivity contribution is -0.116. The topological polar surface area (TPSA) is 68.3 Å². The van der Waals surface area contributed by atoms with Crippen molar-refractivity contribution in [2.24, 2.45) is 5.73 Å². The summed E-state index contributed by atoms with van der Waals surface area (Å²) in [6.45, 7) is 1.02. The van der Waals surface area contributed by atoms with Gasteiger partial charge in [0, 0.05) is 19.2 Å². The highest BCUT2D eigenvalue weighted by Gasteiger charge is 1.98. The first-order valence-electron chi connectivity index (χ1n) is 6.05. The predicted molar refractivity (Wildman–Crippen MR) is 73.9 cm³/mol. The van der Waals surface area contributed by atoms with E-state index < -0.39 is 0 Å². The SMILES string of the molecule is NCc1ccc(CNC(=O)/C=C/c2ccco2)cc1. The molecule has 0 fully saturated rings. The van der Waals surface area contributed by atoms with Gasteiger partial charge in [-0.05, 0) is 29.3 Å². The average Bonchev–Trinajstić information content (AvgIpc) is 2.96. The molecule has 1 aromatic heterocycles. The van der Waals surface area contributed by atoms with Crippen LogP contribution in [0, 0.1) is 0 Å². The Morgan fingerprint density at radius 1 is 1.21 bits per heavy atom. The van der Waals surface area contributed by atoms with Gasteiger partial charge < -0.3 is 15.5 Å². The van der Waals surface area contributed by atoms with E-state index in [0.29, 0.717) is 18.8 Å². The van der Waals surface area contributed by atoms with Gasteiger partial charge in [-0.1, -0.05) is 24.3 Å². The fraction of sp³-hybridized carbons (Fsp3) is 0.133. The molecule has 4 heteroatoms. The van der Waals surface area contributed by atoms with Crippen LogP contribution in [0.4, 0.5) is 0 Å². The quantitative estimate of drug-likeness (QED) is 0.805. The van der Waals surface area contributed by atoms with Gasteiger partial charge in [-0.3, -0.25) is 4.79 Å². The third kappa shape index (κ3) is 4.12. The molecule has 0 aliphatic rings. The van der Waals surface area contributed by atoms with Crippen LogP contribution in [0.3, 0.4) is 0 Å².